The fraction of sp³-hybridized carbons (Fsp3) is 0.357. The van der Waals surface area contributed by atoms with E-state index >= 15 is 0 Å². The lowest BCUT2D eigenvalue weighted by molar-refractivity contribution is 0.102. The maximum Gasteiger partial charge on any atom is 0.206 e. The van der Waals surface area contributed by atoms with E-state index < -0.39 is 5.82 Å². The molecule has 118 valence electrons. The summed E-state index contributed by atoms with van der Waals surface area (Å²) in [5.41, 5.74) is 0.316. The van der Waals surface area contributed by atoms with E-state index in [1.807, 2.05) is 13.8 Å². The molecule has 2 aromatic rings. The lowest BCUT2D eigenvalue weighted by Crippen LogP contribution is -2.08. The summed E-state index contributed by atoms with van der Waals surface area (Å²) in [5.74, 6) is -0.405. The number of rotatable bonds is 7. The number of thioether (sulfide) groups is 1. The Hall–Kier alpha value is -1.67. The first-order chi connectivity index (χ1) is 10.5. The van der Waals surface area contributed by atoms with Crippen LogP contribution in [0.15, 0.2) is 22.5 Å². The summed E-state index contributed by atoms with van der Waals surface area (Å²) < 4.78 is 19.1. The van der Waals surface area contributed by atoms with Gasteiger partial charge in [-0.1, -0.05) is 23.1 Å². The molecule has 8 heteroatoms. The molecule has 2 rings (SSSR count). The van der Waals surface area contributed by atoms with Crippen LogP contribution in [0.4, 0.5) is 9.52 Å². The van der Waals surface area contributed by atoms with Gasteiger partial charge in [-0.05, 0) is 32.0 Å². The largest absolute Gasteiger partial charge is 0.494 e. The van der Waals surface area contributed by atoms with E-state index in [0.717, 1.165) is 5.13 Å². The van der Waals surface area contributed by atoms with Gasteiger partial charge in [0.2, 0.25) is 5.13 Å². The third-order valence-electron chi connectivity index (χ3n) is 2.62. The van der Waals surface area contributed by atoms with Crippen LogP contribution in [0.25, 0.3) is 0 Å². The average molecular weight is 341 g/mol. The van der Waals surface area contributed by atoms with Crippen molar-refractivity contribution in [1.82, 2.24) is 10.2 Å². The Morgan fingerprint density at radius 1 is 1.45 bits per heavy atom. The number of Topliss-reactive ketones (excluding diaryl/α,β-unsaturated/α-hetero) is 1. The van der Waals surface area contributed by atoms with Gasteiger partial charge in [0, 0.05) is 11.6 Å². The van der Waals surface area contributed by atoms with Crippen molar-refractivity contribution < 1.29 is 13.9 Å². The number of nitrogens with one attached hydrogen (secondary N) is 1. The normalized spacial score (nSPS) is 10.8. The summed E-state index contributed by atoms with van der Waals surface area (Å²) >= 11 is 2.68. The third-order valence-corrected chi connectivity index (χ3v) is 4.61. The number of methoxy groups -OCH3 is 1. The minimum Gasteiger partial charge on any atom is -0.494 e. The van der Waals surface area contributed by atoms with Gasteiger partial charge in [-0.3, -0.25) is 4.79 Å². The molecule has 0 bridgehead atoms. The molecule has 0 saturated carbocycles. The first-order valence-electron chi connectivity index (χ1n) is 6.59. The van der Waals surface area contributed by atoms with Crippen LogP contribution in [0, 0.1) is 5.82 Å². The van der Waals surface area contributed by atoms with Gasteiger partial charge in [0.25, 0.3) is 0 Å². The Labute approximate surface area is 136 Å². The fourth-order valence-corrected chi connectivity index (χ4v) is 3.42. The number of aromatic nitrogens is 2. The average Bonchev–Trinajstić information content (AvgIpc) is 2.91. The summed E-state index contributed by atoms with van der Waals surface area (Å²) in [4.78, 5) is 12.1. The molecule has 1 N–H and O–H groups in total. The molecule has 0 saturated heterocycles. The zero-order chi connectivity index (χ0) is 16.1. The number of hydrogen-bond donors (Lipinski definition) is 1. The molecule has 0 unspecified atom stereocenters. The Kier molecular flexibility index (Phi) is 5.73. The van der Waals surface area contributed by atoms with Gasteiger partial charge in [-0.25, -0.2) is 4.39 Å². The van der Waals surface area contributed by atoms with Crippen LogP contribution in [-0.2, 0) is 0 Å². The smallest absolute Gasteiger partial charge is 0.206 e. The molecule has 0 spiro atoms. The molecule has 22 heavy (non-hydrogen) atoms. The molecule has 0 aliphatic rings. The Balaban J connectivity index is 1.95. The zero-order valence-corrected chi connectivity index (χ0v) is 14.1. The van der Waals surface area contributed by atoms with Crippen molar-refractivity contribution in [3.05, 3.63) is 29.6 Å². The first-order valence-corrected chi connectivity index (χ1v) is 8.39. The topological polar surface area (TPSA) is 64.1 Å². The summed E-state index contributed by atoms with van der Waals surface area (Å²) in [6.07, 6.45) is 0. The van der Waals surface area contributed by atoms with Crippen LogP contribution in [0.2, 0.25) is 0 Å². The number of carbonyl (C=O) groups is 1. The number of benzene rings is 1. The second-order valence-corrected chi connectivity index (χ2v) is 6.93. The van der Waals surface area contributed by atoms with Crippen molar-refractivity contribution in [3.8, 4) is 5.75 Å². The van der Waals surface area contributed by atoms with Crippen molar-refractivity contribution in [2.24, 2.45) is 0 Å². The standard InChI is InChI=1S/C14H16FN3O2S2/c1-8(2)16-13-17-18-14(22-13)21-7-11(19)9-4-5-12(20-3)10(15)6-9/h4-6,8H,7H2,1-3H3,(H,16,17). The number of nitrogens with zero attached hydrogens (tertiary/aromatic N) is 2. The SMILES string of the molecule is COc1ccc(C(=O)CSc2nnc(NC(C)C)s2)cc1F. The van der Waals surface area contributed by atoms with Crippen molar-refractivity contribution in [3.63, 3.8) is 0 Å². The van der Waals surface area contributed by atoms with Crippen molar-refractivity contribution in [1.29, 1.82) is 0 Å². The molecule has 1 aromatic heterocycles. The van der Waals surface area contributed by atoms with Crippen LogP contribution in [0.3, 0.4) is 0 Å². The number of carbonyl (C=O) groups excluding carboxylic acids is 1. The van der Waals surface area contributed by atoms with E-state index in [4.69, 9.17) is 4.74 Å². The highest BCUT2D eigenvalue weighted by Crippen LogP contribution is 2.27. The van der Waals surface area contributed by atoms with Crippen molar-refractivity contribution in [2.75, 3.05) is 18.2 Å². The second kappa shape index (κ2) is 7.55. The number of ether oxygens (including phenoxy) is 1. The maximum absolute atomic E-state index is 13.6. The first kappa shape index (κ1) is 16.7. The molecule has 1 aromatic carbocycles. The summed E-state index contributed by atoms with van der Waals surface area (Å²) in [5, 5.41) is 11.9. The highest BCUT2D eigenvalue weighted by atomic mass is 32.2. The summed E-state index contributed by atoms with van der Waals surface area (Å²) in [7, 11) is 1.38. The number of anilines is 1. The number of hydrogen-bond acceptors (Lipinski definition) is 7. The van der Waals surface area contributed by atoms with Crippen LogP contribution in [-0.4, -0.2) is 34.9 Å². The van der Waals surface area contributed by atoms with Crippen LogP contribution in [0.5, 0.6) is 5.75 Å². The molecular weight excluding hydrogens is 325 g/mol. The molecule has 5 nitrogen and oxygen atoms in total. The van der Waals surface area contributed by atoms with E-state index in [2.05, 4.69) is 15.5 Å². The van der Waals surface area contributed by atoms with E-state index in [1.165, 1.54) is 42.3 Å². The van der Waals surface area contributed by atoms with E-state index in [1.54, 1.807) is 6.07 Å². The van der Waals surface area contributed by atoms with Crippen LogP contribution in [0.1, 0.15) is 24.2 Å². The van der Waals surface area contributed by atoms with Crippen LogP contribution >= 0.6 is 23.1 Å². The summed E-state index contributed by atoms with van der Waals surface area (Å²) in [6.45, 7) is 4.02. The molecule has 0 aliphatic heterocycles. The van der Waals surface area contributed by atoms with E-state index in [9.17, 15) is 9.18 Å². The van der Waals surface area contributed by atoms with Gasteiger partial charge < -0.3 is 10.1 Å². The quantitative estimate of drug-likeness (QED) is 0.614. The van der Waals surface area contributed by atoms with Gasteiger partial charge in [0.05, 0.1) is 12.9 Å². The molecule has 0 amide bonds. The molecule has 0 aliphatic carbocycles. The third kappa shape index (κ3) is 4.41. The van der Waals surface area contributed by atoms with E-state index in [-0.39, 0.29) is 23.3 Å². The van der Waals surface area contributed by atoms with E-state index in [0.29, 0.717) is 9.90 Å². The minimum absolute atomic E-state index is 0.123. The highest BCUT2D eigenvalue weighted by molar-refractivity contribution is 8.01. The Morgan fingerprint density at radius 3 is 2.86 bits per heavy atom. The number of ketones is 1. The maximum atomic E-state index is 13.6. The second-order valence-electron chi connectivity index (χ2n) is 4.73. The number of halogens is 1. The Bertz CT molecular complexity index is 661. The minimum atomic E-state index is -0.544. The highest BCUT2D eigenvalue weighted by Gasteiger charge is 2.13. The van der Waals surface area contributed by atoms with Crippen molar-refractivity contribution in [2.45, 2.75) is 24.2 Å². The monoisotopic (exact) mass is 341 g/mol. The van der Waals surface area contributed by atoms with Gasteiger partial charge in [-0.2, -0.15) is 0 Å². The molecule has 1 heterocycles. The van der Waals surface area contributed by atoms with Gasteiger partial charge in [0.15, 0.2) is 21.7 Å². The molecule has 0 radical (unpaired) electrons. The fourth-order valence-electron chi connectivity index (χ4n) is 1.62. The lowest BCUT2D eigenvalue weighted by Gasteiger charge is -2.04. The molecular formula is C14H16FN3O2S2. The predicted molar refractivity (Wildman–Crippen MR) is 86.7 cm³/mol. The Morgan fingerprint density at radius 2 is 2.23 bits per heavy atom. The van der Waals surface area contributed by atoms with Gasteiger partial charge in [-0.15, -0.1) is 10.2 Å². The lowest BCUT2D eigenvalue weighted by atomic mass is 10.1. The van der Waals surface area contributed by atoms with Crippen molar-refractivity contribution >= 4 is 34.0 Å². The van der Waals surface area contributed by atoms with Gasteiger partial charge in [0.1, 0.15) is 0 Å². The molecule has 0 fully saturated rings. The molecule has 0 atom stereocenters. The summed E-state index contributed by atoms with van der Waals surface area (Å²) in [6, 6.07) is 4.46. The zero-order valence-electron chi connectivity index (χ0n) is 12.4. The predicted octanol–water partition coefficient (Wildman–Crippen LogP) is 3.48. The van der Waals surface area contributed by atoms with Gasteiger partial charge >= 0.3 is 0 Å². The van der Waals surface area contributed by atoms with Crippen LogP contribution < -0.4 is 10.1 Å².